The minimum Gasteiger partial charge on any atom is -0.497 e. The van der Waals surface area contributed by atoms with Crippen LogP contribution >= 0.6 is 11.6 Å². The molecule has 20 heavy (non-hydrogen) atoms. The number of hydrogen-bond donors (Lipinski definition) is 0. The van der Waals surface area contributed by atoms with Crippen LogP contribution in [0.4, 0.5) is 0 Å². The fourth-order valence-electron chi connectivity index (χ4n) is 1.94. The largest absolute Gasteiger partial charge is 0.497 e. The number of para-hydroxylation sites is 1. The Morgan fingerprint density at radius 3 is 2.80 bits per heavy atom. The Morgan fingerprint density at radius 2 is 2.00 bits per heavy atom. The average molecular weight is 288 g/mol. The lowest BCUT2D eigenvalue weighted by Crippen LogP contribution is -2.03. The van der Waals surface area contributed by atoms with Gasteiger partial charge in [0.1, 0.15) is 11.3 Å². The molecule has 3 rings (SSSR count). The van der Waals surface area contributed by atoms with Crippen LogP contribution in [0.5, 0.6) is 5.75 Å². The number of methoxy groups -OCH3 is 1. The molecule has 100 valence electrons. The van der Waals surface area contributed by atoms with Crippen LogP contribution in [0, 0.1) is 0 Å². The van der Waals surface area contributed by atoms with Gasteiger partial charge >= 0.3 is 5.63 Å². The van der Waals surface area contributed by atoms with Gasteiger partial charge in [-0.05, 0) is 30.3 Å². The summed E-state index contributed by atoms with van der Waals surface area (Å²) >= 11 is 6.08. The Morgan fingerprint density at radius 1 is 1.20 bits per heavy atom. The van der Waals surface area contributed by atoms with E-state index in [4.69, 9.17) is 20.8 Å². The molecule has 0 aliphatic rings. The summed E-state index contributed by atoms with van der Waals surface area (Å²) in [6, 6.07) is 12.1. The zero-order valence-corrected chi connectivity index (χ0v) is 11.3. The monoisotopic (exact) mass is 287 g/mol. The van der Waals surface area contributed by atoms with Crippen molar-refractivity contribution < 1.29 is 9.15 Å². The van der Waals surface area contributed by atoms with Gasteiger partial charge in [0.25, 0.3) is 0 Å². The van der Waals surface area contributed by atoms with Crippen LogP contribution in [0.15, 0.2) is 51.7 Å². The first-order valence-electron chi connectivity index (χ1n) is 5.93. The molecule has 0 aliphatic heterocycles. The summed E-state index contributed by atoms with van der Waals surface area (Å²) in [6.07, 6.45) is 0. The van der Waals surface area contributed by atoms with Crippen molar-refractivity contribution in [3.63, 3.8) is 0 Å². The van der Waals surface area contributed by atoms with Crippen LogP contribution < -0.4 is 10.4 Å². The molecular formula is C15H10ClNO3. The first-order chi connectivity index (χ1) is 9.69. The third kappa shape index (κ3) is 2.14. The smallest absolute Gasteiger partial charge is 0.347 e. The maximum Gasteiger partial charge on any atom is 0.347 e. The van der Waals surface area contributed by atoms with Gasteiger partial charge in [0.2, 0.25) is 5.89 Å². The molecule has 1 heterocycles. The average Bonchev–Trinajstić information content (AvgIpc) is 2.48. The van der Waals surface area contributed by atoms with Gasteiger partial charge in [-0.2, -0.15) is 0 Å². The van der Waals surface area contributed by atoms with Gasteiger partial charge < -0.3 is 9.15 Å². The number of aromatic nitrogens is 1. The standard InChI is InChI=1S/C15H10ClNO3/c1-19-10-5-2-4-9(8-10)14-17-13-11(15(18)20-14)6-3-7-12(13)16/h2-8H,1H3. The summed E-state index contributed by atoms with van der Waals surface area (Å²) in [7, 11) is 1.57. The van der Waals surface area contributed by atoms with E-state index in [0.29, 0.717) is 27.2 Å². The van der Waals surface area contributed by atoms with E-state index in [0.717, 1.165) is 0 Å². The number of nitrogens with zero attached hydrogens (tertiary/aromatic N) is 1. The van der Waals surface area contributed by atoms with Crippen molar-refractivity contribution in [3.05, 3.63) is 57.9 Å². The third-order valence-electron chi connectivity index (χ3n) is 2.93. The second-order valence-electron chi connectivity index (χ2n) is 4.17. The van der Waals surface area contributed by atoms with Gasteiger partial charge in [-0.3, -0.25) is 0 Å². The van der Waals surface area contributed by atoms with Gasteiger partial charge in [0, 0.05) is 5.56 Å². The predicted octanol–water partition coefficient (Wildman–Crippen LogP) is 3.52. The number of ether oxygens (including phenoxy) is 1. The Labute approximate surface area is 119 Å². The molecule has 0 fully saturated rings. The quantitative estimate of drug-likeness (QED) is 0.724. The van der Waals surface area contributed by atoms with E-state index in [1.165, 1.54) is 0 Å². The molecule has 0 aliphatic carbocycles. The van der Waals surface area contributed by atoms with Gasteiger partial charge in [-0.1, -0.05) is 23.7 Å². The first kappa shape index (κ1) is 12.7. The highest BCUT2D eigenvalue weighted by molar-refractivity contribution is 6.35. The first-order valence-corrected chi connectivity index (χ1v) is 6.30. The number of rotatable bonds is 2. The summed E-state index contributed by atoms with van der Waals surface area (Å²) < 4.78 is 10.4. The lowest BCUT2D eigenvalue weighted by molar-refractivity contribution is 0.414. The van der Waals surface area contributed by atoms with Crippen LogP contribution in [-0.2, 0) is 0 Å². The van der Waals surface area contributed by atoms with Crippen LogP contribution in [0.2, 0.25) is 5.02 Å². The van der Waals surface area contributed by atoms with Crippen molar-refractivity contribution >= 4 is 22.5 Å². The molecule has 2 aromatic carbocycles. The van der Waals surface area contributed by atoms with Crippen molar-refractivity contribution in [2.45, 2.75) is 0 Å². The Kier molecular flexibility index (Phi) is 3.16. The van der Waals surface area contributed by atoms with Gasteiger partial charge in [-0.25, -0.2) is 9.78 Å². The van der Waals surface area contributed by atoms with Crippen molar-refractivity contribution in [1.29, 1.82) is 0 Å². The molecule has 0 atom stereocenters. The maximum absolute atomic E-state index is 12.0. The molecule has 0 spiro atoms. The molecular weight excluding hydrogens is 278 g/mol. The van der Waals surface area contributed by atoms with Crippen molar-refractivity contribution in [3.8, 4) is 17.2 Å². The molecule has 0 saturated heterocycles. The van der Waals surface area contributed by atoms with Crippen molar-refractivity contribution in [2.24, 2.45) is 0 Å². The van der Waals surface area contributed by atoms with E-state index in [-0.39, 0.29) is 5.89 Å². The van der Waals surface area contributed by atoms with Crippen LogP contribution in [0.3, 0.4) is 0 Å². The van der Waals surface area contributed by atoms with Crippen molar-refractivity contribution in [2.75, 3.05) is 7.11 Å². The maximum atomic E-state index is 12.0. The molecule has 0 bridgehead atoms. The molecule has 0 amide bonds. The molecule has 1 aromatic heterocycles. The van der Waals surface area contributed by atoms with E-state index in [1.807, 2.05) is 0 Å². The lowest BCUT2D eigenvalue weighted by Gasteiger charge is -2.04. The van der Waals surface area contributed by atoms with E-state index in [9.17, 15) is 4.79 Å². The molecule has 3 aromatic rings. The molecule has 0 unspecified atom stereocenters. The highest BCUT2D eigenvalue weighted by atomic mass is 35.5. The molecule has 0 radical (unpaired) electrons. The Bertz CT molecular complexity index is 842. The van der Waals surface area contributed by atoms with Gasteiger partial charge in [0.15, 0.2) is 0 Å². The lowest BCUT2D eigenvalue weighted by atomic mass is 10.2. The molecule has 0 saturated carbocycles. The molecule has 5 heteroatoms. The predicted molar refractivity (Wildman–Crippen MR) is 77.3 cm³/mol. The minimum atomic E-state index is -0.463. The zero-order chi connectivity index (χ0) is 14.1. The highest BCUT2D eigenvalue weighted by Gasteiger charge is 2.11. The minimum absolute atomic E-state index is 0.217. The summed E-state index contributed by atoms with van der Waals surface area (Å²) in [5, 5.41) is 0.781. The Balaban J connectivity index is 2.27. The normalized spacial score (nSPS) is 10.7. The van der Waals surface area contributed by atoms with Crippen LogP contribution in [-0.4, -0.2) is 12.1 Å². The van der Waals surface area contributed by atoms with Crippen LogP contribution in [0.25, 0.3) is 22.4 Å². The Hall–Kier alpha value is -2.33. The fraction of sp³-hybridized carbons (Fsp3) is 0.0667. The van der Waals surface area contributed by atoms with E-state index in [1.54, 1.807) is 49.6 Å². The van der Waals surface area contributed by atoms with E-state index in [2.05, 4.69) is 4.98 Å². The summed E-state index contributed by atoms with van der Waals surface area (Å²) in [4.78, 5) is 16.3. The second kappa shape index (κ2) is 4.98. The topological polar surface area (TPSA) is 52.3 Å². The van der Waals surface area contributed by atoms with Crippen LogP contribution in [0.1, 0.15) is 0 Å². The van der Waals surface area contributed by atoms with Crippen molar-refractivity contribution in [1.82, 2.24) is 4.98 Å². The van der Waals surface area contributed by atoms with Gasteiger partial charge in [0.05, 0.1) is 17.5 Å². The van der Waals surface area contributed by atoms with E-state index >= 15 is 0 Å². The summed E-state index contributed by atoms with van der Waals surface area (Å²) in [6.45, 7) is 0. The SMILES string of the molecule is COc1cccc(-c2nc3c(Cl)cccc3c(=O)o2)c1. The summed E-state index contributed by atoms with van der Waals surface area (Å²) in [5.74, 6) is 0.876. The third-order valence-corrected chi connectivity index (χ3v) is 3.23. The zero-order valence-electron chi connectivity index (χ0n) is 10.6. The number of halogens is 1. The van der Waals surface area contributed by atoms with E-state index < -0.39 is 5.63 Å². The molecule has 0 N–H and O–H groups in total. The fourth-order valence-corrected chi connectivity index (χ4v) is 2.16. The number of hydrogen-bond acceptors (Lipinski definition) is 4. The summed E-state index contributed by atoms with van der Waals surface area (Å²) in [5.41, 5.74) is 0.627. The van der Waals surface area contributed by atoms with Gasteiger partial charge in [-0.15, -0.1) is 0 Å². The highest BCUT2D eigenvalue weighted by Crippen LogP contribution is 2.25. The molecule has 4 nitrogen and oxygen atoms in total. The number of benzene rings is 2. The number of fused-ring (bicyclic) bond motifs is 1. The second-order valence-corrected chi connectivity index (χ2v) is 4.58.